The summed E-state index contributed by atoms with van der Waals surface area (Å²) >= 11 is 2.02. The second-order valence-electron chi connectivity index (χ2n) is 6.22. The van der Waals surface area contributed by atoms with E-state index in [0.717, 1.165) is 38.2 Å². The zero-order valence-electron chi connectivity index (χ0n) is 13.0. The predicted molar refractivity (Wildman–Crippen MR) is 88.0 cm³/mol. The van der Waals surface area contributed by atoms with Crippen LogP contribution >= 0.6 is 11.8 Å². The van der Waals surface area contributed by atoms with Crippen molar-refractivity contribution in [1.82, 2.24) is 10.3 Å². The highest BCUT2D eigenvalue weighted by molar-refractivity contribution is 7.99. The largest absolute Gasteiger partial charge is 0.417 e. The average molecular weight is 345 g/mol. The number of anilines is 1. The molecule has 0 unspecified atom stereocenters. The molecule has 3 rings (SSSR count). The van der Waals surface area contributed by atoms with Crippen LogP contribution in [0.3, 0.4) is 0 Å². The van der Waals surface area contributed by atoms with E-state index < -0.39 is 11.7 Å². The van der Waals surface area contributed by atoms with Gasteiger partial charge >= 0.3 is 6.18 Å². The van der Waals surface area contributed by atoms with Gasteiger partial charge in [0.15, 0.2) is 0 Å². The van der Waals surface area contributed by atoms with Crippen LogP contribution in [0, 0.1) is 0 Å². The topological polar surface area (TPSA) is 28.2 Å². The molecule has 0 bridgehead atoms. The minimum Gasteiger partial charge on any atom is -0.357 e. The minimum absolute atomic E-state index is 0.522. The van der Waals surface area contributed by atoms with Crippen LogP contribution in [0.2, 0.25) is 0 Å². The first-order valence-electron chi connectivity index (χ1n) is 8.14. The molecule has 0 amide bonds. The molecular formula is C16H22F3N3S. The van der Waals surface area contributed by atoms with Gasteiger partial charge in [-0.2, -0.15) is 24.9 Å². The van der Waals surface area contributed by atoms with E-state index in [1.807, 2.05) is 11.8 Å². The molecule has 2 aliphatic heterocycles. The number of nitrogens with one attached hydrogen (secondary N) is 1. The fourth-order valence-corrected chi connectivity index (χ4v) is 4.32. The maximum Gasteiger partial charge on any atom is 0.417 e. The van der Waals surface area contributed by atoms with Crippen molar-refractivity contribution in [1.29, 1.82) is 0 Å². The van der Waals surface area contributed by atoms with Crippen molar-refractivity contribution in [2.24, 2.45) is 0 Å². The van der Waals surface area contributed by atoms with Gasteiger partial charge in [0.25, 0.3) is 0 Å². The number of aromatic nitrogens is 1. The van der Waals surface area contributed by atoms with E-state index in [1.54, 1.807) is 0 Å². The fraction of sp³-hybridized carbons (Fsp3) is 0.688. The second kappa shape index (κ2) is 7.30. The minimum atomic E-state index is -4.32. The standard InChI is InChI=1S/C16H22F3N3S/c17-16(18,19)12-1-2-15(20-11-12)22-7-3-13(4-8-22)21-14-5-9-23-10-6-14/h1-2,11,13-14,21H,3-10H2. The van der Waals surface area contributed by atoms with Crippen LogP contribution in [0.5, 0.6) is 0 Å². The van der Waals surface area contributed by atoms with Gasteiger partial charge < -0.3 is 10.2 Å². The normalized spacial score (nSPS) is 21.6. The van der Waals surface area contributed by atoms with Crippen LogP contribution in [0.15, 0.2) is 18.3 Å². The van der Waals surface area contributed by atoms with Crippen molar-refractivity contribution in [2.45, 2.75) is 43.9 Å². The van der Waals surface area contributed by atoms with Crippen LogP contribution in [0.25, 0.3) is 0 Å². The summed E-state index contributed by atoms with van der Waals surface area (Å²) in [7, 11) is 0. The van der Waals surface area contributed by atoms with Crippen LogP contribution < -0.4 is 10.2 Å². The third kappa shape index (κ3) is 4.53. The van der Waals surface area contributed by atoms with Gasteiger partial charge in [-0.1, -0.05) is 0 Å². The van der Waals surface area contributed by atoms with Crippen LogP contribution in [0.4, 0.5) is 19.0 Å². The third-order valence-corrected chi connectivity index (χ3v) is 5.64. The molecule has 0 spiro atoms. The number of halogens is 3. The van der Waals surface area contributed by atoms with Gasteiger partial charge in [-0.15, -0.1) is 0 Å². The lowest BCUT2D eigenvalue weighted by Gasteiger charge is -2.36. The number of pyridine rings is 1. The zero-order valence-corrected chi connectivity index (χ0v) is 13.8. The monoisotopic (exact) mass is 345 g/mol. The number of hydrogen-bond donors (Lipinski definition) is 1. The van der Waals surface area contributed by atoms with Crippen LogP contribution in [-0.2, 0) is 6.18 Å². The Kier molecular flexibility index (Phi) is 5.36. The lowest BCUT2D eigenvalue weighted by Crippen LogP contribution is -2.47. The highest BCUT2D eigenvalue weighted by atomic mass is 32.2. The molecule has 0 radical (unpaired) electrons. The Morgan fingerprint density at radius 2 is 1.70 bits per heavy atom. The molecule has 1 aromatic rings. The summed E-state index contributed by atoms with van der Waals surface area (Å²) in [6, 6.07) is 3.76. The van der Waals surface area contributed by atoms with E-state index in [1.165, 1.54) is 30.4 Å². The SMILES string of the molecule is FC(F)(F)c1ccc(N2CCC(NC3CCSCC3)CC2)nc1. The maximum atomic E-state index is 12.6. The highest BCUT2D eigenvalue weighted by Gasteiger charge is 2.31. The van der Waals surface area contributed by atoms with Gasteiger partial charge in [0.2, 0.25) is 0 Å². The summed E-state index contributed by atoms with van der Waals surface area (Å²) in [5, 5.41) is 3.75. The van der Waals surface area contributed by atoms with Crippen LogP contribution in [0.1, 0.15) is 31.2 Å². The predicted octanol–water partition coefficient (Wildman–Crippen LogP) is 3.55. The molecule has 2 saturated heterocycles. The Morgan fingerprint density at radius 3 is 2.26 bits per heavy atom. The lowest BCUT2D eigenvalue weighted by atomic mass is 10.0. The fourth-order valence-electron chi connectivity index (χ4n) is 3.21. The van der Waals surface area contributed by atoms with Crippen LogP contribution in [-0.4, -0.2) is 41.7 Å². The molecular weight excluding hydrogens is 323 g/mol. The number of piperidine rings is 1. The van der Waals surface area contributed by atoms with Gasteiger partial charge in [-0.3, -0.25) is 0 Å². The number of hydrogen-bond acceptors (Lipinski definition) is 4. The van der Waals surface area contributed by atoms with E-state index in [0.29, 0.717) is 17.9 Å². The first kappa shape index (κ1) is 16.9. The van der Waals surface area contributed by atoms with E-state index in [4.69, 9.17) is 0 Å². The molecule has 23 heavy (non-hydrogen) atoms. The Bertz CT molecular complexity index is 492. The smallest absolute Gasteiger partial charge is 0.357 e. The molecule has 1 N–H and O–H groups in total. The maximum absolute atomic E-state index is 12.6. The second-order valence-corrected chi connectivity index (χ2v) is 7.44. The quantitative estimate of drug-likeness (QED) is 0.907. The first-order valence-corrected chi connectivity index (χ1v) is 9.30. The highest BCUT2D eigenvalue weighted by Crippen LogP contribution is 2.30. The summed E-state index contributed by atoms with van der Waals surface area (Å²) in [5.74, 6) is 3.13. The summed E-state index contributed by atoms with van der Waals surface area (Å²) in [4.78, 5) is 6.07. The van der Waals surface area contributed by atoms with E-state index in [2.05, 4.69) is 15.2 Å². The van der Waals surface area contributed by atoms with E-state index >= 15 is 0 Å². The van der Waals surface area contributed by atoms with E-state index in [9.17, 15) is 13.2 Å². The van der Waals surface area contributed by atoms with Crippen molar-refractivity contribution >= 4 is 17.6 Å². The summed E-state index contributed by atoms with van der Waals surface area (Å²) in [6.45, 7) is 1.69. The molecule has 2 fully saturated rings. The van der Waals surface area contributed by atoms with E-state index in [-0.39, 0.29) is 0 Å². The molecule has 0 atom stereocenters. The third-order valence-electron chi connectivity index (χ3n) is 4.59. The van der Waals surface area contributed by atoms with Crippen molar-refractivity contribution < 1.29 is 13.2 Å². The summed E-state index contributed by atoms with van der Waals surface area (Å²) in [6.07, 6.45) is 1.13. The molecule has 0 saturated carbocycles. The molecule has 7 heteroatoms. The van der Waals surface area contributed by atoms with Crippen molar-refractivity contribution in [3.8, 4) is 0 Å². The summed E-state index contributed by atoms with van der Waals surface area (Å²) < 4.78 is 37.7. The van der Waals surface area contributed by atoms with Gasteiger partial charge in [0, 0.05) is 31.4 Å². The Labute approximate surface area is 139 Å². The number of alkyl halides is 3. The molecule has 2 aliphatic rings. The molecule has 0 aliphatic carbocycles. The number of rotatable bonds is 3. The lowest BCUT2D eigenvalue weighted by molar-refractivity contribution is -0.137. The van der Waals surface area contributed by atoms with Gasteiger partial charge in [0.1, 0.15) is 5.82 Å². The van der Waals surface area contributed by atoms with Gasteiger partial charge in [-0.25, -0.2) is 4.98 Å². The molecule has 1 aromatic heterocycles. The zero-order chi connectivity index (χ0) is 16.3. The Morgan fingerprint density at radius 1 is 1.04 bits per heavy atom. The molecule has 3 nitrogen and oxygen atoms in total. The molecule has 128 valence electrons. The van der Waals surface area contributed by atoms with Crippen molar-refractivity contribution in [2.75, 3.05) is 29.5 Å². The van der Waals surface area contributed by atoms with Crippen molar-refractivity contribution in [3.05, 3.63) is 23.9 Å². The van der Waals surface area contributed by atoms with Gasteiger partial charge in [-0.05, 0) is 49.3 Å². The number of thioether (sulfide) groups is 1. The van der Waals surface area contributed by atoms with Crippen molar-refractivity contribution in [3.63, 3.8) is 0 Å². The van der Waals surface area contributed by atoms with Gasteiger partial charge in [0.05, 0.1) is 5.56 Å². The number of nitrogens with zero attached hydrogens (tertiary/aromatic N) is 2. The Balaban J connectivity index is 1.50. The first-order chi connectivity index (χ1) is 11.0. The summed E-state index contributed by atoms with van der Waals surface area (Å²) in [5.41, 5.74) is -0.687. The Hall–Kier alpha value is -0.950. The molecule has 3 heterocycles. The average Bonchev–Trinajstić information content (AvgIpc) is 2.56. The molecule has 0 aromatic carbocycles.